The summed E-state index contributed by atoms with van der Waals surface area (Å²) in [6.45, 7) is 7.99. The Hall–Kier alpha value is -2.54. The van der Waals surface area contributed by atoms with Crippen molar-refractivity contribution in [2.24, 2.45) is 0 Å². The average Bonchev–Trinajstić information content (AvgIpc) is 3.13. The summed E-state index contributed by atoms with van der Waals surface area (Å²) in [5.41, 5.74) is 1.12. The largest absolute Gasteiger partial charge is 0.369 e. The number of anilines is 3. The van der Waals surface area contributed by atoms with E-state index in [1.807, 2.05) is 24.3 Å². The zero-order valence-corrected chi connectivity index (χ0v) is 16.2. The van der Waals surface area contributed by atoms with Crippen LogP contribution < -0.4 is 10.2 Å². The summed E-state index contributed by atoms with van der Waals surface area (Å²) in [4.78, 5) is 10.9. The van der Waals surface area contributed by atoms with E-state index in [0.717, 1.165) is 46.8 Å². The van der Waals surface area contributed by atoms with Crippen molar-refractivity contribution in [2.45, 2.75) is 33.1 Å². The minimum atomic E-state index is 0.427. The second-order valence-corrected chi connectivity index (χ2v) is 7.30. The van der Waals surface area contributed by atoms with E-state index in [1.165, 1.54) is 0 Å². The molecule has 0 spiro atoms. The predicted octanol–water partition coefficient (Wildman–Crippen LogP) is 4.26. The standard InChI is InChI=1S/C19H24N6S/c1-4-25(15-8-6-5-7-9-15)17-12-16(21-13-22-17)20-11-10-18-23-24-19(26-18)14(2)3/h5-9,12-14H,4,10-11H2,1-3H3,(H,20,21,22). The zero-order chi connectivity index (χ0) is 18.4. The Labute approximate surface area is 158 Å². The predicted molar refractivity (Wildman–Crippen MR) is 107 cm³/mol. The summed E-state index contributed by atoms with van der Waals surface area (Å²) >= 11 is 1.68. The molecule has 0 saturated heterocycles. The van der Waals surface area contributed by atoms with Crippen molar-refractivity contribution in [3.63, 3.8) is 0 Å². The first-order valence-corrected chi connectivity index (χ1v) is 9.69. The van der Waals surface area contributed by atoms with E-state index in [2.05, 4.69) is 63.3 Å². The van der Waals surface area contributed by atoms with E-state index in [4.69, 9.17) is 0 Å². The van der Waals surface area contributed by atoms with Gasteiger partial charge in [0.15, 0.2) is 0 Å². The third kappa shape index (κ3) is 4.54. The van der Waals surface area contributed by atoms with Crippen LogP contribution in [0.5, 0.6) is 0 Å². The van der Waals surface area contributed by atoms with Crippen LogP contribution in [0.15, 0.2) is 42.7 Å². The Kier molecular flexibility index (Phi) is 6.12. The van der Waals surface area contributed by atoms with Gasteiger partial charge in [-0.25, -0.2) is 9.97 Å². The highest BCUT2D eigenvalue weighted by atomic mass is 32.1. The summed E-state index contributed by atoms with van der Waals surface area (Å²) in [5, 5.41) is 14.0. The maximum atomic E-state index is 4.43. The molecule has 1 N–H and O–H groups in total. The van der Waals surface area contributed by atoms with E-state index in [9.17, 15) is 0 Å². The number of para-hydroxylation sites is 1. The molecule has 2 aromatic heterocycles. The number of hydrogen-bond donors (Lipinski definition) is 1. The molecule has 3 aromatic rings. The molecule has 0 radical (unpaired) electrons. The van der Waals surface area contributed by atoms with Crippen LogP contribution >= 0.6 is 11.3 Å². The maximum absolute atomic E-state index is 4.43. The second kappa shape index (κ2) is 8.71. The molecule has 0 amide bonds. The molecule has 0 unspecified atom stereocenters. The Morgan fingerprint density at radius 3 is 2.62 bits per heavy atom. The van der Waals surface area contributed by atoms with Crippen LogP contribution in [0.2, 0.25) is 0 Å². The van der Waals surface area contributed by atoms with E-state index in [1.54, 1.807) is 17.7 Å². The molecule has 3 rings (SSSR count). The van der Waals surface area contributed by atoms with Gasteiger partial charge in [0.2, 0.25) is 0 Å². The molecular weight excluding hydrogens is 344 g/mol. The number of nitrogens with zero attached hydrogens (tertiary/aromatic N) is 5. The lowest BCUT2D eigenvalue weighted by molar-refractivity contribution is 0.816. The molecule has 6 nitrogen and oxygen atoms in total. The van der Waals surface area contributed by atoms with Gasteiger partial charge in [-0.1, -0.05) is 32.0 Å². The first kappa shape index (κ1) is 18.3. The molecule has 0 aliphatic rings. The Bertz CT molecular complexity index is 818. The van der Waals surface area contributed by atoms with Crippen molar-refractivity contribution in [1.29, 1.82) is 0 Å². The fraction of sp³-hybridized carbons (Fsp3) is 0.368. The number of benzene rings is 1. The van der Waals surface area contributed by atoms with E-state index in [-0.39, 0.29) is 0 Å². The first-order valence-electron chi connectivity index (χ1n) is 8.88. The van der Waals surface area contributed by atoms with Crippen molar-refractivity contribution in [1.82, 2.24) is 20.2 Å². The number of hydrogen-bond acceptors (Lipinski definition) is 7. The monoisotopic (exact) mass is 368 g/mol. The molecule has 0 aliphatic carbocycles. The molecule has 0 atom stereocenters. The molecule has 0 fully saturated rings. The van der Waals surface area contributed by atoms with Crippen molar-refractivity contribution < 1.29 is 0 Å². The van der Waals surface area contributed by atoms with Crippen LogP contribution in [0.3, 0.4) is 0 Å². The Morgan fingerprint density at radius 1 is 1.12 bits per heavy atom. The lowest BCUT2D eigenvalue weighted by Crippen LogP contribution is -2.18. The van der Waals surface area contributed by atoms with Crippen LogP contribution in [0.1, 0.15) is 36.7 Å². The molecule has 0 aliphatic heterocycles. The fourth-order valence-corrected chi connectivity index (χ4v) is 3.42. The summed E-state index contributed by atoms with van der Waals surface area (Å²) in [7, 11) is 0. The van der Waals surface area contributed by atoms with Gasteiger partial charge in [-0.15, -0.1) is 21.5 Å². The first-order chi connectivity index (χ1) is 12.7. The minimum Gasteiger partial charge on any atom is -0.369 e. The Morgan fingerprint density at radius 2 is 1.92 bits per heavy atom. The van der Waals surface area contributed by atoms with Crippen molar-refractivity contribution in [2.75, 3.05) is 23.3 Å². The molecule has 2 heterocycles. The highest BCUT2D eigenvalue weighted by molar-refractivity contribution is 7.11. The fourth-order valence-electron chi connectivity index (χ4n) is 2.57. The summed E-state index contributed by atoms with van der Waals surface area (Å²) < 4.78 is 0. The average molecular weight is 369 g/mol. The van der Waals surface area contributed by atoms with Crippen LogP contribution in [0.4, 0.5) is 17.3 Å². The SMILES string of the molecule is CCN(c1ccccc1)c1cc(NCCc2nnc(C(C)C)s2)ncn1. The molecule has 136 valence electrons. The lowest BCUT2D eigenvalue weighted by Gasteiger charge is -2.22. The van der Waals surface area contributed by atoms with Gasteiger partial charge in [-0.3, -0.25) is 0 Å². The highest BCUT2D eigenvalue weighted by Crippen LogP contribution is 2.24. The molecular formula is C19H24N6S. The van der Waals surface area contributed by atoms with Crippen LogP contribution in [-0.2, 0) is 6.42 Å². The second-order valence-electron chi connectivity index (χ2n) is 6.21. The van der Waals surface area contributed by atoms with Crippen molar-refractivity contribution in [3.8, 4) is 0 Å². The van der Waals surface area contributed by atoms with Crippen LogP contribution in [0.25, 0.3) is 0 Å². The van der Waals surface area contributed by atoms with Gasteiger partial charge in [0, 0.05) is 37.2 Å². The summed E-state index contributed by atoms with van der Waals surface area (Å²) in [6, 6.07) is 12.2. The van der Waals surface area contributed by atoms with Crippen LogP contribution in [0, 0.1) is 0 Å². The topological polar surface area (TPSA) is 66.8 Å². The van der Waals surface area contributed by atoms with Gasteiger partial charge in [-0.2, -0.15) is 0 Å². The van der Waals surface area contributed by atoms with E-state index < -0.39 is 0 Å². The van der Waals surface area contributed by atoms with Gasteiger partial charge in [0.05, 0.1) is 0 Å². The number of rotatable bonds is 8. The van der Waals surface area contributed by atoms with Gasteiger partial charge in [-0.05, 0) is 19.1 Å². The van der Waals surface area contributed by atoms with Crippen molar-refractivity contribution >= 4 is 28.7 Å². The summed E-state index contributed by atoms with van der Waals surface area (Å²) in [5.74, 6) is 2.13. The van der Waals surface area contributed by atoms with Gasteiger partial charge < -0.3 is 10.2 Å². The third-order valence-electron chi connectivity index (χ3n) is 3.93. The number of aromatic nitrogens is 4. The molecule has 26 heavy (non-hydrogen) atoms. The van der Waals surface area contributed by atoms with Gasteiger partial charge in [0.1, 0.15) is 28.0 Å². The highest BCUT2D eigenvalue weighted by Gasteiger charge is 2.10. The number of nitrogens with one attached hydrogen (secondary N) is 1. The minimum absolute atomic E-state index is 0.427. The van der Waals surface area contributed by atoms with E-state index >= 15 is 0 Å². The summed E-state index contributed by atoms with van der Waals surface area (Å²) in [6.07, 6.45) is 2.44. The molecule has 0 saturated carbocycles. The normalized spacial score (nSPS) is 10.9. The van der Waals surface area contributed by atoms with E-state index in [0.29, 0.717) is 5.92 Å². The molecule has 0 bridgehead atoms. The maximum Gasteiger partial charge on any atom is 0.138 e. The molecule has 7 heteroatoms. The van der Waals surface area contributed by atoms with Crippen molar-refractivity contribution in [3.05, 3.63) is 52.7 Å². The zero-order valence-electron chi connectivity index (χ0n) is 15.4. The van der Waals surface area contributed by atoms with Gasteiger partial charge >= 0.3 is 0 Å². The van der Waals surface area contributed by atoms with Gasteiger partial charge in [0.25, 0.3) is 0 Å². The molecule has 1 aromatic carbocycles. The smallest absolute Gasteiger partial charge is 0.138 e. The third-order valence-corrected chi connectivity index (χ3v) is 5.22. The lowest BCUT2D eigenvalue weighted by atomic mass is 10.2. The quantitative estimate of drug-likeness (QED) is 0.641. The van der Waals surface area contributed by atoms with Crippen LogP contribution in [-0.4, -0.2) is 33.3 Å². The Balaban J connectivity index is 1.63.